The van der Waals surface area contributed by atoms with Crippen LogP contribution >= 0.6 is 0 Å². The Morgan fingerprint density at radius 3 is 2.36 bits per heavy atom. The topological polar surface area (TPSA) is 56.1 Å². The molecule has 0 spiro atoms. The van der Waals surface area contributed by atoms with Gasteiger partial charge in [-0.1, -0.05) is 50.2 Å². The van der Waals surface area contributed by atoms with Gasteiger partial charge in [0.2, 0.25) is 0 Å². The molecule has 0 radical (unpaired) electrons. The molecule has 36 heavy (non-hydrogen) atoms. The van der Waals surface area contributed by atoms with Crippen molar-refractivity contribution < 1.29 is 27.1 Å². The summed E-state index contributed by atoms with van der Waals surface area (Å²) in [6.07, 6.45) is -3.92. The first-order chi connectivity index (χ1) is 17.0. The second-order valence-electron chi connectivity index (χ2n) is 9.23. The molecule has 1 heterocycles. The molecule has 5 nitrogen and oxygen atoms in total. The maximum Gasteiger partial charge on any atom is 0.407 e. The number of alkyl halides is 3. The first-order valence-electron chi connectivity index (χ1n) is 11.3. The molecule has 1 N–H and O–H groups in total. The normalized spacial score (nSPS) is 12.9. The van der Waals surface area contributed by atoms with Gasteiger partial charge in [-0.3, -0.25) is 0 Å². The second kappa shape index (κ2) is 10.0. The summed E-state index contributed by atoms with van der Waals surface area (Å²) in [6.45, 7) is 2.23. The number of rotatable bonds is 7. The molecule has 3 aromatic carbocycles. The van der Waals surface area contributed by atoms with Crippen LogP contribution < -0.4 is 5.32 Å². The van der Waals surface area contributed by atoms with E-state index in [0.29, 0.717) is 0 Å². The Kier molecular flexibility index (Phi) is 7.01. The lowest BCUT2D eigenvalue weighted by molar-refractivity contribution is -0.124. The second-order valence-corrected chi connectivity index (χ2v) is 9.23. The van der Waals surface area contributed by atoms with Gasteiger partial charge in [0, 0.05) is 16.7 Å². The van der Waals surface area contributed by atoms with Crippen LogP contribution in [0.2, 0.25) is 0 Å². The number of ether oxygens (including phenoxy) is 1. The zero-order valence-corrected chi connectivity index (χ0v) is 19.7. The summed E-state index contributed by atoms with van der Waals surface area (Å²) >= 11 is 0. The minimum atomic E-state index is -4.52. The molecule has 4 rings (SSSR count). The monoisotopic (exact) mass is 499 g/mol. The molecule has 4 aromatic rings. The highest BCUT2D eigenvalue weighted by atomic mass is 19.4. The van der Waals surface area contributed by atoms with E-state index in [-0.39, 0.29) is 18.3 Å². The Balaban J connectivity index is 1.64. The van der Waals surface area contributed by atoms with Gasteiger partial charge >= 0.3 is 12.3 Å². The average Bonchev–Trinajstić information content (AvgIpc) is 3.25. The first kappa shape index (κ1) is 25.2. The Bertz CT molecular complexity index is 1330. The summed E-state index contributed by atoms with van der Waals surface area (Å²) in [4.78, 5) is 11.9. The third kappa shape index (κ3) is 5.84. The summed E-state index contributed by atoms with van der Waals surface area (Å²) in [7, 11) is 0. The molecule has 1 aromatic heterocycles. The maximum atomic E-state index is 13.4. The minimum Gasteiger partial charge on any atom is -0.449 e. The van der Waals surface area contributed by atoms with Crippen LogP contribution in [0.15, 0.2) is 79.0 Å². The third-order valence-corrected chi connectivity index (χ3v) is 5.92. The molecule has 0 bridgehead atoms. The molecule has 9 heteroatoms. The van der Waals surface area contributed by atoms with Crippen molar-refractivity contribution in [1.29, 1.82) is 0 Å². The quantitative estimate of drug-likeness (QED) is 0.291. The number of halogens is 4. The molecule has 188 valence electrons. The zero-order valence-electron chi connectivity index (χ0n) is 19.7. The number of amides is 1. The van der Waals surface area contributed by atoms with Gasteiger partial charge in [-0.05, 0) is 47.5 Å². The van der Waals surface area contributed by atoms with Crippen LogP contribution in [0.5, 0.6) is 0 Å². The van der Waals surface area contributed by atoms with Crippen molar-refractivity contribution in [1.82, 2.24) is 15.1 Å². The van der Waals surface area contributed by atoms with Gasteiger partial charge in [0.05, 0.1) is 24.0 Å². The number of fused-ring (bicyclic) bond motifs is 1. The van der Waals surface area contributed by atoms with Crippen LogP contribution in [-0.2, 0) is 4.74 Å². The molecular weight excluding hydrogens is 474 g/mol. The van der Waals surface area contributed by atoms with Crippen LogP contribution in [-0.4, -0.2) is 35.2 Å². The van der Waals surface area contributed by atoms with Crippen molar-refractivity contribution in [3.63, 3.8) is 0 Å². The lowest BCUT2D eigenvalue weighted by Crippen LogP contribution is -2.37. The van der Waals surface area contributed by atoms with E-state index < -0.39 is 24.2 Å². The van der Waals surface area contributed by atoms with E-state index in [1.54, 1.807) is 28.3 Å². The Labute approximate surface area is 205 Å². The standard InChI is InChI=1S/C27H25F4N3O2/c1-26(2,17-36-25(35)32-16-27(29,30)31)24(18-6-4-3-5-7-18)19-8-13-23-20(14-19)15-33-34(23)22-11-9-21(28)10-12-22/h3-15,24H,16-17H2,1-2H3,(H,32,35). The number of hydrogen-bond donors (Lipinski definition) is 1. The van der Waals surface area contributed by atoms with Crippen molar-refractivity contribution in [3.05, 3.63) is 95.9 Å². The summed E-state index contributed by atoms with van der Waals surface area (Å²) in [5, 5.41) is 7.05. The van der Waals surface area contributed by atoms with Gasteiger partial charge in [-0.2, -0.15) is 18.3 Å². The van der Waals surface area contributed by atoms with E-state index in [1.165, 1.54) is 12.1 Å². The molecule has 0 saturated carbocycles. The fourth-order valence-corrected chi connectivity index (χ4v) is 4.32. The van der Waals surface area contributed by atoms with Gasteiger partial charge in [-0.25, -0.2) is 13.9 Å². The van der Waals surface area contributed by atoms with Crippen molar-refractivity contribution in [3.8, 4) is 5.69 Å². The summed E-state index contributed by atoms with van der Waals surface area (Å²) in [6, 6.07) is 21.5. The molecular formula is C27H25F4N3O2. The maximum absolute atomic E-state index is 13.4. The van der Waals surface area contributed by atoms with E-state index in [0.717, 1.165) is 27.7 Å². The van der Waals surface area contributed by atoms with Crippen molar-refractivity contribution in [2.45, 2.75) is 25.9 Å². The number of hydrogen-bond acceptors (Lipinski definition) is 3. The van der Waals surface area contributed by atoms with Crippen LogP contribution in [0.1, 0.15) is 30.9 Å². The molecule has 0 aliphatic carbocycles. The van der Waals surface area contributed by atoms with Crippen LogP contribution in [0.3, 0.4) is 0 Å². The highest BCUT2D eigenvalue weighted by molar-refractivity contribution is 5.81. The molecule has 0 saturated heterocycles. The molecule has 0 aliphatic rings. The van der Waals surface area contributed by atoms with Gasteiger partial charge in [0.15, 0.2) is 0 Å². The van der Waals surface area contributed by atoms with E-state index >= 15 is 0 Å². The van der Waals surface area contributed by atoms with E-state index in [4.69, 9.17) is 4.74 Å². The van der Waals surface area contributed by atoms with Crippen LogP contribution in [0.4, 0.5) is 22.4 Å². The number of alkyl carbamates (subject to hydrolysis) is 1. The lowest BCUT2D eigenvalue weighted by atomic mass is 9.71. The highest BCUT2D eigenvalue weighted by Gasteiger charge is 2.35. The van der Waals surface area contributed by atoms with Gasteiger partial charge in [0.25, 0.3) is 0 Å². The minimum absolute atomic E-state index is 0.108. The van der Waals surface area contributed by atoms with E-state index in [2.05, 4.69) is 5.10 Å². The summed E-state index contributed by atoms with van der Waals surface area (Å²) in [5.74, 6) is -0.576. The average molecular weight is 500 g/mol. The number of nitrogens with one attached hydrogen (secondary N) is 1. The Morgan fingerprint density at radius 2 is 1.69 bits per heavy atom. The van der Waals surface area contributed by atoms with E-state index in [9.17, 15) is 22.4 Å². The lowest BCUT2D eigenvalue weighted by Gasteiger charge is -2.35. The molecule has 1 unspecified atom stereocenters. The smallest absolute Gasteiger partial charge is 0.407 e. The van der Waals surface area contributed by atoms with Crippen LogP contribution in [0.25, 0.3) is 16.6 Å². The van der Waals surface area contributed by atoms with Crippen molar-refractivity contribution >= 4 is 17.0 Å². The fourth-order valence-electron chi connectivity index (χ4n) is 4.32. The molecule has 1 amide bonds. The SMILES string of the molecule is CC(C)(COC(=O)NCC(F)(F)F)C(c1ccccc1)c1ccc2c(cnn2-c2ccc(F)cc2)c1. The molecule has 0 fully saturated rings. The Hall–Kier alpha value is -3.88. The number of nitrogens with zero attached hydrogens (tertiary/aromatic N) is 2. The van der Waals surface area contributed by atoms with Gasteiger partial charge < -0.3 is 10.1 Å². The first-order valence-corrected chi connectivity index (χ1v) is 11.3. The van der Waals surface area contributed by atoms with Gasteiger partial charge in [0.1, 0.15) is 12.4 Å². The van der Waals surface area contributed by atoms with Crippen LogP contribution in [0, 0.1) is 11.2 Å². The predicted molar refractivity (Wildman–Crippen MR) is 128 cm³/mol. The fraction of sp³-hybridized carbons (Fsp3) is 0.259. The summed E-state index contributed by atoms with van der Waals surface area (Å²) < 4.78 is 57.5. The number of aromatic nitrogens is 2. The third-order valence-electron chi connectivity index (χ3n) is 5.92. The number of carbonyl (C=O) groups is 1. The van der Waals surface area contributed by atoms with Gasteiger partial charge in [-0.15, -0.1) is 0 Å². The molecule has 1 atom stereocenters. The van der Waals surface area contributed by atoms with E-state index in [1.807, 2.05) is 62.4 Å². The largest absolute Gasteiger partial charge is 0.449 e. The van der Waals surface area contributed by atoms with Crippen molar-refractivity contribution in [2.75, 3.05) is 13.2 Å². The highest BCUT2D eigenvalue weighted by Crippen LogP contribution is 2.42. The number of benzene rings is 3. The zero-order chi connectivity index (χ0) is 25.9. The predicted octanol–water partition coefficient (Wildman–Crippen LogP) is 6.61. The van der Waals surface area contributed by atoms with Crippen molar-refractivity contribution in [2.24, 2.45) is 5.41 Å². The summed E-state index contributed by atoms with van der Waals surface area (Å²) in [5.41, 5.74) is 2.77. The Morgan fingerprint density at radius 1 is 1.00 bits per heavy atom. The number of carbonyl (C=O) groups excluding carboxylic acids is 1. The molecule has 0 aliphatic heterocycles.